The standard InChI is InChI=1S/C33H25BrN4O2/c1-23-11-17-31(25-7-3-2-4-8-25)38(23)29-15-13-26(14-16-29)33(39)37-36-21-24-12-18-32(30(34)19-24)40-22-28-10-6-5-9-27(28)20-35/h2-19,21H,22H2,1H3,(H,37,39)/b36-21-. The Morgan fingerprint density at radius 2 is 1.73 bits per heavy atom. The Kier molecular flexibility index (Phi) is 8.19. The summed E-state index contributed by atoms with van der Waals surface area (Å²) in [4.78, 5) is 12.7. The van der Waals surface area contributed by atoms with Gasteiger partial charge in [0.15, 0.2) is 0 Å². The van der Waals surface area contributed by atoms with Crippen LogP contribution >= 0.6 is 15.9 Å². The lowest BCUT2D eigenvalue weighted by atomic mass is 10.1. The van der Waals surface area contributed by atoms with Crippen LogP contribution in [0, 0.1) is 18.3 Å². The van der Waals surface area contributed by atoms with E-state index in [1.165, 1.54) is 0 Å². The molecule has 5 aromatic rings. The van der Waals surface area contributed by atoms with Crippen LogP contribution < -0.4 is 10.2 Å². The molecule has 5 rings (SSSR count). The summed E-state index contributed by atoms with van der Waals surface area (Å²) in [5.41, 5.74) is 9.59. The lowest BCUT2D eigenvalue weighted by Crippen LogP contribution is -2.17. The van der Waals surface area contributed by atoms with Gasteiger partial charge in [0.2, 0.25) is 0 Å². The lowest BCUT2D eigenvalue weighted by molar-refractivity contribution is 0.0955. The third-order valence-electron chi connectivity index (χ3n) is 6.39. The van der Waals surface area contributed by atoms with Gasteiger partial charge in [-0.25, -0.2) is 5.43 Å². The number of carbonyl (C=O) groups is 1. The van der Waals surface area contributed by atoms with Crippen molar-refractivity contribution in [1.82, 2.24) is 9.99 Å². The van der Waals surface area contributed by atoms with Gasteiger partial charge in [0.1, 0.15) is 12.4 Å². The predicted molar refractivity (Wildman–Crippen MR) is 161 cm³/mol. The molecule has 1 amide bonds. The lowest BCUT2D eigenvalue weighted by Gasteiger charge is -2.12. The molecule has 7 heteroatoms. The molecule has 196 valence electrons. The van der Waals surface area contributed by atoms with Crippen LogP contribution in [0.25, 0.3) is 16.9 Å². The number of hydrogen-bond donors (Lipinski definition) is 1. The number of halogens is 1. The minimum Gasteiger partial charge on any atom is -0.488 e. The number of ether oxygens (including phenoxy) is 1. The van der Waals surface area contributed by atoms with E-state index < -0.39 is 0 Å². The summed E-state index contributed by atoms with van der Waals surface area (Å²) in [6, 6.07) is 36.9. The first-order valence-electron chi connectivity index (χ1n) is 12.6. The second-order valence-corrected chi connectivity index (χ2v) is 9.91. The van der Waals surface area contributed by atoms with E-state index in [9.17, 15) is 10.1 Å². The molecular weight excluding hydrogens is 564 g/mol. The van der Waals surface area contributed by atoms with Crippen molar-refractivity contribution >= 4 is 28.1 Å². The molecular formula is C33H25BrN4O2. The molecule has 0 fully saturated rings. The quantitative estimate of drug-likeness (QED) is 0.151. The normalized spacial score (nSPS) is 10.8. The average molecular weight is 589 g/mol. The summed E-state index contributed by atoms with van der Waals surface area (Å²) in [6.07, 6.45) is 1.57. The molecule has 4 aromatic carbocycles. The largest absolute Gasteiger partial charge is 0.488 e. The maximum atomic E-state index is 12.7. The van der Waals surface area contributed by atoms with E-state index in [1.54, 1.807) is 24.4 Å². The maximum Gasteiger partial charge on any atom is 0.271 e. The van der Waals surface area contributed by atoms with E-state index in [4.69, 9.17) is 4.74 Å². The number of carbonyl (C=O) groups excluding carboxylic acids is 1. The molecule has 0 radical (unpaired) electrons. The van der Waals surface area contributed by atoms with Gasteiger partial charge in [0, 0.05) is 22.5 Å². The summed E-state index contributed by atoms with van der Waals surface area (Å²) in [5, 5.41) is 13.4. The number of amides is 1. The fourth-order valence-corrected chi connectivity index (χ4v) is 4.84. The molecule has 0 unspecified atom stereocenters. The highest BCUT2D eigenvalue weighted by Crippen LogP contribution is 2.28. The Morgan fingerprint density at radius 3 is 2.48 bits per heavy atom. The fourth-order valence-electron chi connectivity index (χ4n) is 4.33. The smallest absolute Gasteiger partial charge is 0.271 e. The molecule has 0 aliphatic rings. The summed E-state index contributed by atoms with van der Waals surface area (Å²) in [5.74, 6) is 0.341. The number of aromatic nitrogens is 1. The zero-order valence-corrected chi connectivity index (χ0v) is 23.3. The van der Waals surface area contributed by atoms with Crippen LogP contribution in [-0.2, 0) is 6.61 Å². The highest BCUT2D eigenvalue weighted by atomic mass is 79.9. The fraction of sp³-hybridized carbons (Fsp3) is 0.0606. The van der Waals surface area contributed by atoms with Crippen molar-refractivity contribution in [2.24, 2.45) is 5.10 Å². The Morgan fingerprint density at radius 1 is 0.975 bits per heavy atom. The topological polar surface area (TPSA) is 79.4 Å². The van der Waals surface area contributed by atoms with Crippen molar-refractivity contribution < 1.29 is 9.53 Å². The van der Waals surface area contributed by atoms with E-state index in [1.807, 2.05) is 66.7 Å². The number of nitrogens with zero attached hydrogens (tertiary/aromatic N) is 3. The Hall–Kier alpha value is -4.93. The van der Waals surface area contributed by atoms with Gasteiger partial charge in [0.05, 0.1) is 28.0 Å². The van der Waals surface area contributed by atoms with E-state index >= 15 is 0 Å². The molecule has 6 nitrogen and oxygen atoms in total. The van der Waals surface area contributed by atoms with Gasteiger partial charge in [-0.3, -0.25) is 4.79 Å². The van der Waals surface area contributed by atoms with Crippen LogP contribution in [0.1, 0.15) is 32.7 Å². The minimum atomic E-state index is -0.300. The number of hydrogen-bond acceptors (Lipinski definition) is 4. The number of aryl methyl sites for hydroxylation is 1. The molecule has 0 spiro atoms. The van der Waals surface area contributed by atoms with Crippen LogP contribution in [0.15, 0.2) is 119 Å². The number of rotatable bonds is 8. The highest BCUT2D eigenvalue weighted by Gasteiger charge is 2.11. The summed E-state index contributed by atoms with van der Waals surface area (Å²) >= 11 is 3.52. The summed E-state index contributed by atoms with van der Waals surface area (Å²) in [6.45, 7) is 2.34. The van der Waals surface area contributed by atoms with E-state index in [-0.39, 0.29) is 12.5 Å². The summed E-state index contributed by atoms with van der Waals surface area (Å²) in [7, 11) is 0. The van der Waals surface area contributed by atoms with Crippen LogP contribution in [0.3, 0.4) is 0 Å². The molecule has 40 heavy (non-hydrogen) atoms. The van der Waals surface area contributed by atoms with Crippen molar-refractivity contribution in [1.29, 1.82) is 5.26 Å². The second kappa shape index (κ2) is 12.3. The van der Waals surface area contributed by atoms with Gasteiger partial charge in [-0.15, -0.1) is 0 Å². The first-order chi connectivity index (χ1) is 19.5. The number of hydrazone groups is 1. The van der Waals surface area contributed by atoms with Crippen LogP contribution in [0.4, 0.5) is 0 Å². The second-order valence-electron chi connectivity index (χ2n) is 9.05. The zero-order valence-electron chi connectivity index (χ0n) is 21.7. The predicted octanol–water partition coefficient (Wildman–Crippen LogP) is 7.43. The van der Waals surface area contributed by atoms with E-state index in [0.717, 1.165) is 38.2 Å². The van der Waals surface area contributed by atoms with Gasteiger partial charge in [-0.2, -0.15) is 10.4 Å². The van der Waals surface area contributed by atoms with Crippen molar-refractivity contribution in [2.45, 2.75) is 13.5 Å². The first-order valence-corrected chi connectivity index (χ1v) is 13.4. The molecule has 0 aliphatic heterocycles. The van der Waals surface area contributed by atoms with Gasteiger partial charge < -0.3 is 9.30 Å². The van der Waals surface area contributed by atoms with Crippen molar-refractivity contribution in [3.8, 4) is 28.8 Å². The zero-order chi connectivity index (χ0) is 27.9. The monoisotopic (exact) mass is 588 g/mol. The number of nitrogens with one attached hydrogen (secondary N) is 1. The molecule has 0 atom stereocenters. The van der Waals surface area contributed by atoms with Crippen LogP contribution in [0.2, 0.25) is 0 Å². The SMILES string of the molecule is Cc1ccc(-c2ccccc2)n1-c1ccc(C(=O)N/N=C\c2ccc(OCc3ccccc3C#N)c(Br)c2)cc1. The third kappa shape index (κ3) is 6.04. The number of benzene rings is 4. The van der Waals surface area contributed by atoms with E-state index in [0.29, 0.717) is 16.9 Å². The maximum absolute atomic E-state index is 12.7. The first kappa shape index (κ1) is 26.7. The van der Waals surface area contributed by atoms with Crippen molar-refractivity contribution in [3.63, 3.8) is 0 Å². The van der Waals surface area contributed by atoms with Gasteiger partial charge in [0.25, 0.3) is 5.91 Å². The Bertz CT molecular complexity index is 1720. The third-order valence-corrected chi connectivity index (χ3v) is 7.01. The molecule has 0 bridgehead atoms. The molecule has 1 aromatic heterocycles. The number of nitriles is 1. The van der Waals surface area contributed by atoms with Gasteiger partial charge in [-0.1, -0.05) is 48.5 Å². The molecule has 1 N–H and O–H groups in total. The Labute approximate surface area is 241 Å². The van der Waals surface area contributed by atoms with Crippen LogP contribution in [0.5, 0.6) is 5.75 Å². The molecule has 0 saturated heterocycles. The van der Waals surface area contributed by atoms with Crippen LogP contribution in [-0.4, -0.2) is 16.7 Å². The van der Waals surface area contributed by atoms with Gasteiger partial charge >= 0.3 is 0 Å². The molecule has 1 heterocycles. The summed E-state index contributed by atoms with van der Waals surface area (Å²) < 4.78 is 8.79. The molecule has 0 saturated carbocycles. The Balaban J connectivity index is 1.21. The van der Waals surface area contributed by atoms with Gasteiger partial charge in [-0.05, 0) is 94.6 Å². The average Bonchev–Trinajstić information content (AvgIpc) is 3.38. The minimum absolute atomic E-state index is 0.280. The molecule has 0 aliphatic carbocycles. The highest BCUT2D eigenvalue weighted by molar-refractivity contribution is 9.10. The van der Waals surface area contributed by atoms with E-state index in [2.05, 4.69) is 68.3 Å². The van der Waals surface area contributed by atoms with Crippen molar-refractivity contribution in [2.75, 3.05) is 0 Å². The van der Waals surface area contributed by atoms with Crippen molar-refractivity contribution in [3.05, 3.63) is 142 Å².